The summed E-state index contributed by atoms with van der Waals surface area (Å²) in [4.78, 5) is 25.2. The predicted octanol–water partition coefficient (Wildman–Crippen LogP) is 1.59. The quantitative estimate of drug-likeness (QED) is 0.637. The maximum absolute atomic E-state index is 12.1. The van der Waals surface area contributed by atoms with Gasteiger partial charge in [-0.25, -0.2) is 0 Å². The van der Waals surface area contributed by atoms with Crippen molar-refractivity contribution in [2.45, 2.75) is 13.0 Å². The Kier molecular flexibility index (Phi) is 4.61. The van der Waals surface area contributed by atoms with Crippen molar-refractivity contribution in [1.82, 2.24) is 4.90 Å². The average Bonchev–Trinajstić information content (AvgIpc) is 2.64. The van der Waals surface area contributed by atoms with Crippen LogP contribution >= 0.6 is 7.37 Å². The van der Waals surface area contributed by atoms with Crippen LogP contribution in [0.3, 0.4) is 0 Å². The standard InChI is InChI=1S/C14H18NO5P/c1-3-20-21(2,19)9-10(16)8-15-13(17)11-6-4-5-7-12(11)14(15)18/h4-7,10,16H,3,8-9H2,1-2H3. The molecule has 2 amide bonds. The molecule has 0 fully saturated rings. The van der Waals surface area contributed by atoms with Crippen molar-refractivity contribution in [2.24, 2.45) is 0 Å². The van der Waals surface area contributed by atoms with Crippen molar-refractivity contribution in [1.29, 1.82) is 0 Å². The number of benzene rings is 1. The second-order valence-corrected chi connectivity index (χ2v) is 7.69. The molecule has 1 aromatic carbocycles. The average molecular weight is 311 g/mol. The molecule has 6 nitrogen and oxygen atoms in total. The van der Waals surface area contributed by atoms with Gasteiger partial charge in [0.25, 0.3) is 11.8 Å². The molecule has 0 saturated carbocycles. The van der Waals surface area contributed by atoms with E-state index in [-0.39, 0.29) is 19.3 Å². The predicted molar refractivity (Wildman–Crippen MR) is 77.8 cm³/mol. The SMILES string of the molecule is CCOP(C)(=O)CC(O)CN1C(=O)c2ccccc2C1=O. The van der Waals surface area contributed by atoms with Gasteiger partial charge >= 0.3 is 0 Å². The fourth-order valence-corrected chi connectivity index (χ4v) is 3.91. The minimum atomic E-state index is -2.92. The topological polar surface area (TPSA) is 83.9 Å². The van der Waals surface area contributed by atoms with Crippen LogP contribution in [-0.4, -0.2) is 53.9 Å². The molecule has 1 N–H and O–H groups in total. The molecule has 1 aliphatic heterocycles. The zero-order valence-corrected chi connectivity index (χ0v) is 12.9. The summed E-state index contributed by atoms with van der Waals surface area (Å²) >= 11 is 0. The zero-order valence-electron chi connectivity index (χ0n) is 12.0. The van der Waals surface area contributed by atoms with Crippen molar-refractivity contribution in [3.05, 3.63) is 35.4 Å². The van der Waals surface area contributed by atoms with E-state index in [9.17, 15) is 19.3 Å². The van der Waals surface area contributed by atoms with Crippen molar-refractivity contribution in [2.75, 3.05) is 26.0 Å². The molecular formula is C14H18NO5P. The fourth-order valence-electron chi connectivity index (χ4n) is 2.38. The van der Waals surface area contributed by atoms with Crippen LogP contribution in [0.4, 0.5) is 0 Å². The summed E-state index contributed by atoms with van der Waals surface area (Å²) in [6.07, 6.45) is -1.16. The first-order valence-electron chi connectivity index (χ1n) is 6.70. The van der Waals surface area contributed by atoms with Crippen LogP contribution in [0.1, 0.15) is 27.6 Å². The molecule has 114 valence electrons. The number of hydrogen-bond acceptors (Lipinski definition) is 5. The molecule has 0 saturated heterocycles. The number of aliphatic hydroxyl groups is 1. The van der Waals surface area contributed by atoms with Crippen LogP contribution in [0.2, 0.25) is 0 Å². The Labute approximate surface area is 123 Å². The van der Waals surface area contributed by atoms with Crippen LogP contribution in [-0.2, 0) is 9.09 Å². The fraction of sp³-hybridized carbons (Fsp3) is 0.429. The minimum absolute atomic E-state index is 0.0890. The van der Waals surface area contributed by atoms with Gasteiger partial charge in [0.1, 0.15) is 0 Å². The zero-order chi connectivity index (χ0) is 15.6. The third-order valence-electron chi connectivity index (χ3n) is 3.22. The normalized spacial score (nSPS) is 18.5. The highest BCUT2D eigenvalue weighted by Crippen LogP contribution is 2.43. The van der Waals surface area contributed by atoms with E-state index >= 15 is 0 Å². The van der Waals surface area contributed by atoms with Gasteiger partial charge in [0.15, 0.2) is 0 Å². The van der Waals surface area contributed by atoms with Gasteiger partial charge in [-0.1, -0.05) is 12.1 Å². The van der Waals surface area contributed by atoms with Gasteiger partial charge in [-0.05, 0) is 19.1 Å². The molecule has 0 aliphatic carbocycles. The number of amides is 2. The molecule has 7 heteroatoms. The second-order valence-electron chi connectivity index (χ2n) is 5.03. The number of nitrogens with zero attached hydrogens (tertiary/aromatic N) is 1. The summed E-state index contributed by atoms with van der Waals surface area (Å²) in [5.74, 6) is -0.867. The maximum Gasteiger partial charge on any atom is 0.261 e. The molecule has 0 bridgehead atoms. The lowest BCUT2D eigenvalue weighted by Gasteiger charge is -2.21. The first-order valence-corrected chi connectivity index (χ1v) is 8.96. The Bertz CT molecular complexity index is 580. The van der Waals surface area contributed by atoms with E-state index < -0.39 is 25.3 Å². The highest BCUT2D eigenvalue weighted by Gasteiger charge is 2.36. The highest BCUT2D eigenvalue weighted by molar-refractivity contribution is 7.58. The molecule has 1 heterocycles. The lowest BCUT2D eigenvalue weighted by Crippen LogP contribution is -2.38. The number of carbonyl (C=O) groups excluding carboxylic acids is 2. The van der Waals surface area contributed by atoms with Crippen molar-refractivity contribution in [3.63, 3.8) is 0 Å². The Balaban J connectivity index is 2.07. The van der Waals surface area contributed by atoms with Crippen molar-refractivity contribution in [3.8, 4) is 0 Å². The Morgan fingerprint density at radius 3 is 2.24 bits per heavy atom. The van der Waals surface area contributed by atoms with Gasteiger partial charge < -0.3 is 9.63 Å². The van der Waals surface area contributed by atoms with Crippen LogP contribution < -0.4 is 0 Å². The Morgan fingerprint density at radius 2 is 1.76 bits per heavy atom. The van der Waals surface area contributed by atoms with Crippen LogP contribution in [0.15, 0.2) is 24.3 Å². The van der Waals surface area contributed by atoms with Gasteiger partial charge in [-0.15, -0.1) is 0 Å². The summed E-state index contributed by atoms with van der Waals surface area (Å²) < 4.78 is 17.1. The Hall–Kier alpha value is -1.49. The minimum Gasteiger partial charge on any atom is -0.391 e. The number of aliphatic hydroxyl groups excluding tert-OH is 1. The number of carbonyl (C=O) groups is 2. The first-order chi connectivity index (χ1) is 9.85. The summed E-state index contributed by atoms with van der Waals surface area (Å²) in [6.45, 7) is 3.25. The van der Waals surface area contributed by atoms with E-state index in [0.717, 1.165) is 4.90 Å². The van der Waals surface area contributed by atoms with E-state index in [2.05, 4.69) is 0 Å². The first kappa shape index (κ1) is 15.9. The van der Waals surface area contributed by atoms with Gasteiger partial charge in [-0.3, -0.25) is 19.1 Å². The number of fused-ring (bicyclic) bond motifs is 1. The summed E-state index contributed by atoms with van der Waals surface area (Å²) in [6, 6.07) is 6.51. The lowest BCUT2D eigenvalue weighted by molar-refractivity contribution is 0.0562. The van der Waals surface area contributed by atoms with E-state index in [1.165, 1.54) is 6.66 Å². The van der Waals surface area contributed by atoms with Gasteiger partial charge in [0.05, 0.1) is 36.5 Å². The van der Waals surface area contributed by atoms with Crippen molar-refractivity contribution >= 4 is 19.2 Å². The smallest absolute Gasteiger partial charge is 0.261 e. The van der Waals surface area contributed by atoms with E-state index in [1.54, 1.807) is 31.2 Å². The number of imide groups is 1. The molecule has 0 spiro atoms. The molecule has 2 unspecified atom stereocenters. The second kappa shape index (κ2) is 6.10. The molecule has 21 heavy (non-hydrogen) atoms. The molecule has 2 atom stereocenters. The monoisotopic (exact) mass is 311 g/mol. The molecule has 1 aromatic rings. The van der Waals surface area contributed by atoms with Gasteiger partial charge in [0, 0.05) is 6.66 Å². The number of rotatable bonds is 6. The largest absolute Gasteiger partial charge is 0.391 e. The van der Waals surface area contributed by atoms with Crippen LogP contribution in [0, 0.1) is 0 Å². The Morgan fingerprint density at radius 1 is 1.24 bits per heavy atom. The van der Waals surface area contributed by atoms with E-state index in [0.29, 0.717) is 11.1 Å². The third-order valence-corrected chi connectivity index (χ3v) is 5.11. The number of β-amino-alcohol motifs (C(OH)–C–C–N with tert-alkyl or cyclic N) is 1. The van der Waals surface area contributed by atoms with E-state index in [1.807, 2.05) is 0 Å². The molecule has 0 aromatic heterocycles. The van der Waals surface area contributed by atoms with E-state index in [4.69, 9.17) is 4.52 Å². The summed E-state index contributed by atoms with van der Waals surface area (Å²) in [7, 11) is -2.92. The lowest BCUT2D eigenvalue weighted by atomic mass is 10.1. The van der Waals surface area contributed by atoms with Crippen LogP contribution in [0.25, 0.3) is 0 Å². The van der Waals surface area contributed by atoms with Crippen molar-refractivity contribution < 1.29 is 23.8 Å². The molecule has 1 aliphatic rings. The van der Waals surface area contributed by atoms with Crippen LogP contribution in [0.5, 0.6) is 0 Å². The molecule has 2 rings (SSSR count). The molecule has 0 radical (unpaired) electrons. The summed E-state index contributed by atoms with van der Waals surface area (Å²) in [5.41, 5.74) is 0.665. The highest BCUT2D eigenvalue weighted by atomic mass is 31.2. The molecular weight excluding hydrogens is 293 g/mol. The summed E-state index contributed by atoms with van der Waals surface area (Å²) in [5, 5.41) is 9.99. The number of hydrogen-bond donors (Lipinski definition) is 1. The van der Waals surface area contributed by atoms with Gasteiger partial charge in [0.2, 0.25) is 7.37 Å². The maximum atomic E-state index is 12.1. The van der Waals surface area contributed by atoms with Gasteiger partial charge in [-0.2, -0.15) is 0 Å². The third kappa shape index (κ3) is 3.40.